The Bertz CT molecular complexity index is 1720. The lowest BCUT2D eigenvalue weighted by Crippen LogP contribution is -2.57. The number of rotatable bonds is 9. The van der Waals surface area contributed by atoms with Crippen LogP contribution in [0.1, 0.15) is 48.8 Å². The molecule has 0 spiro atoms. The van der Waals surface area contributed by atoms with Gasteiger partial charge in [0.1, 0.15) is 12.1 Å². The van der Waals surface area contributed by atoms with E-state index < -0.39 is 18.1 Å². The molecule has 11 heteroatoms. The van der Waals surface area contributed by atoms with E-state index in [0.717, 1.165) is 38.7 Å². The van der Waals surface area contributed by atoms with Crippen molar-refractivity contribution in [2.75, 3.05) is 20.1 Å². The SMILES string of the molecule is CN1C(=O)[C@H](CCCCN)NC(=O)[C@H](CCCN)NCc2cccc(c2)-c2cccc(Cl)c2CNC(=O)[C@@H]1Cc1c[nH]c2ccccc12. The Hall–Kier alpha value is -4.22. The summed E-state index contributed by atoms with van der Waals surface area (Å²) in [6, 6.07) is 19.3. The summed E-state index contributed by atoms with van der Waals surface area (Å²) in [5, 5.41) is 11.0. The maximum Gasteiger partial charge on any atom is 0.245 e. The van der Waals surface area contributed by atoms with Gasteiger partial charge in [-0.05, 0) is 91.2 Å². The van der Waals surface area contributed by atoms with E-state index >= 15 is 0 Å². The number of para-hydroxylation sites is 1. The van der Waals surface area contributed by atoms with Gasteiger partial charge in [0.2, 0.25) is 17.7 Å². The molecule has 4 aromatic rings. The Labute approximate surface area is 287 Å². The summed E-state index contributed by atoms with van der Waals surface area (Å²) in [7, 11) is 1.63. The van der Waals surface area contributed by atoms with Crippen molar-refractivity contribution in [1.29, 1.82) is 0 Å². The molecule has 0 radical (unpaired) electrons. The van der Waals surface area contributed by atoms with Crippen LogP contribution >= 0.6 is 11.6 Å². The zero-order chi connectivity index (χ0) is 34.0. The standard InChI is InChI=1S/C37H46ClN7O3/c1-45-34(20-26-22-42-31-14-3-2-11-28(26)31)36(47)43-23-29-27(12-7-13-30(29)38)25-10-6-9-24(19-25)21-41-32(16-8-18-40)35(46)44-33(37(45)48)15-4-5-17-39/h2-3,6-7,9-14,19,22,32-34,41-42H,4-5,8,15-18,20-21,23,39-40H2,1H3,(H,43,47)(H,44,46)/t32-,33-,34-/m0/s1. The molecule has 48 heavy (non-hydrogen) atoms. The van der Waals surface area contributed by atoms with Crippen molar-refractivity contribution in [3.8, 4) is 11.1 Å². The molecule has 3 atom stereocenters. The van der Waals surface area contributed by atoms with Gasteiger partial charge in [-0.1, -0.05) is 60.1 Å². The second kappa shape index (κ2) is 16.7. The molecule has 0 unspecified atom stereocenters. The molecule has 0 saturated heterocycles. The van der Waals surface area contributed by atoms with Gasteiger partial charge in [-0.2, -0.15) is 0 Å². The molecule has 3 amide bonds. The van der Waals surface area contributed by atoms with Gasteiger partial charge in [-0.25, -0.2) is 0 Å². The number of hydrogen-bond acceptors (Lipinski definition) is 6. The van der Waals surface area contributed by atoms with Crippen LogP contribution < -0.4 is 27.4 Å². The quantitative estimate of drug-likeness (QED) is 0.148. The van der Waals surface area contributed by atoms with Crippen LogP contribution in [0.2, 0.25) is 5.02 Å². The average molecular weight is 672 g/mol. The highest BCUT2D eigenvalue weighted by molar-refractivity contribution is 6.31. The number of fused-ring (bicyclic) bond motifs is 5. The Morgan fingerprint density at radius 3 is 2.44 bits per heavy atom. The smallest absolute Gasteiger partial charge is 0.245 e. The molecule has 0 saturated carbocycles. The number of nitrogens with two attached hydrogens (primary N) is 2. The highest BCUT2D eigenvalue weighted by atomic mass is 35.5. The number of carbonyl (C=O) groups excluding carboxylic acids is 3. The highest BCUT2D eigenvalue weighted by Crippen LogP contribution is 2.30. The molecule has 0 aliphatic carbocycles. The molecule has 1 aliphatic rings. The number of amides is 3. The third kappa shape index (κ3) is 8.43. The largest absolute Gasteiger partial charge is 0.361 e. The first-order valence-corrected chi connectivity index (χ1v) is 17.1. The summed E-state index contributed by atoms with van der Waals surface area (Å²) in [6.07, 6.45) is 5.02. The number of aromatic nitrogens is 1. The second-order valence-corrected chi connectivity index (χ2v) is 12.8. The number of H-pyrrole nitrogens is 1. The van der Waals surface area contributed by atoms with Gasteiger partial charge in [0, 0.05) is 48.7 Å². The molecule has 10 nitrogen and oxygen atoms in total. The first-order chi connectivity index (χ1) is 23.3. The third-order valence-corrected chi connectivity index (χ3v) is 9.48. The average Bonchev–Trinajstić information content (AvgIpc) is 3.51. The Morgan fingerprint density at radius 2 is 1.62 bits per heavy atom. The summed E-state index contributed by atoms with van der Waals surface area (Å²) in [5.74, 6) is -0.944. The molecule has 3 aromatic carbocycles. The van der Waals surface area contributed by atoms with Crippen LogP contribution in [0.15, 0.2) is 72.9 Å². The fourth-order valence-corrected chi connectivity index (χ4v) is 6.62. The topological polar surface area (TPSA) is 158 Å². The van der Waals surface area contributed by atoms with Crippen molar-refractivity contribution in [2.45, 2.75) is 69.7 Å². The predicted octanol–water partition coefficient (Wildman–Crippen LogP) is 4.00. The zero-order valence-corrected chi connectivity index (χ0v) is 28.2. The lowest BCUT2D eigenvalue weighted by atomic mass is 9.97. The Kier molecular flexibility index (Phi) is 12.2. The van der Waals surface area contributed by atoms with Crippen LogP contribution in [0, 0.1) is 0 Å². The van der Waals surface area contributed by atoms with Crippen molar-refractivity contribution >= 4 is 40.2 Å². The number of benzene rings is 3. The summed E-state index contributed by atoms with van der Waals surface area (Å²) < 4.78 is 0. The molecular weight excluding hydrogens is 626 g/mol. The number of hydrogen-bond donors (Lipinski definition) is 6. The van der Waals surface area contributed by atoms with E-state index in [1.165, 1.54) is 4.90 Å². The highest BCUT2D eigenvalue weighted by Gasteiger charge is 2.34. The molecule has 0 fully saturated rings. The van der Waals surface area contributed by atoms with Crippen molar-refractivity contribution in [3.05, 3.63) is 94.6 Å². The fourth-order valence-electron chi connectivity index (χ4n) is 6.38. The van der Waals surface area contributed by atoms with Gasteiger partial charge in [-0.3, -0.25) is 14.4 Å². The van der Waals surface area contributed by atoms with Crippen LogP contribution in [0.3, 0.4) is 0 Å². The number of unbranched alkanes of at least 4 members (excludes halogenated alkanes) is 1. The lowest BCUT2D eigenvalue weighted by Gasteiger charge is -2.32. The number of likely N-dealkylation sites (N-methyl/N-ethyl adjacent to an activating group) is 1. The van der Waals surface area contributed by atoms with Crippen LogP contribution in [0.4, 0.5) is 0 Å². The van der Waals surface area contributed by atoms with E-state index in [0.29, 0.717) is 56.8 Å². The zero-order valence-electron chi connectivity index (χ0n) is 27.4. The first kappa shape index (κ1) is 35.1. The first-order valence-electron chi connectivity index (χ1n) is 16.7. The van der Waals surface area contributed by atoms with Gasteiger partial charge in [0.05, 0.1) is 6.04 Å². The van der Waals surface area contributed by atoms with Gasteiger partial charge in [-0.15, -0.1) is 0 Å². The van der Waals surface area contributed by atoms with Crippen LogP contribution in [-0.2, 0) is 33.9 Å². The molecule has 2 heterocycles. The second-order valence-electron chi connectivity index (χ2n) is 12.4. The molecule has 254 valence electrons. The monoisotopic (exact) mass is 671 g/mol. The van der Waals surface area contributed by atoms with Crippen molar-refractivity contribution < 1.29 is 14.4 Å². The predicted molar refractivity (Wildman–Crippen MR) is 191 cm³/mol. The summed E-state index contributed by atoms with van der Waals surface area (Å²) in [6.45, 7) is 1.51. The molecule has 8 N–H and O–H groups in total. The number of nitrogens with zero attached hydrogens (tertiary/aromatic N) is 1. The van der Waals surface area contributed by atoms with Crippen molar-refractivity contribution in [1.82, 2.24) is 25.8 Å². The third-order valence-electron chi connectivity index (χ3n) is 9.13. The Morgan fingerprint density at radius 1 is 0.854 bits per heavy atom. The maximum absolute atomic E-state index is 14.3. The molecular formula is C37H46ClN7O3. The van der Waals surface area contributed by atoms with E-state index in [-0.39, 0.29) is 30.7 Å². The number of halogens is 1. The van der Waals surface area contributed by atoms with E-state index in [1.54, 1.807) is 7.05 Å². The molecule has 5 rings (SSSR count). The lowest BCUT2D eigenvalue weighted by molar-refractivity contribution is -0.142. The summed E-state index contributed by atoms with van der Waals surface area (Å²) in [4.78, 5) is 47.1. The number of nitrogens with one attached hydrogen (secondary N) is 4. The minimum atomic E-state index is -0.873. The van der Waals surface area contributed by atoms with Gasteiger partial charge in [0.15, 0.2) is 0 Å². The Balaban J connectivity index is 1.56. The number of aromatic amines is 1. The maximum atomic E-state index is 14.3. The minimum absolute atomic E-state index is 0.167. The molecule has 1 aromatic heterocycles. The van der Waals surface area contributed by atoms with Crippen molar-refractivity contribution in [3.63, 3.8) is 0 Å². The normalized spacial score (nSPS) is 19.5. The van der Waals surface area contributed by atoms with E-state index in [2.05, 4.69) is 27.0 Å². The van der Waals surface area contributed by atoms with Gasteiger partial charge >= 0.3 is 0 Å². The van der Waals surface area contributed by atoms with E-state index in [4.69, 9.17) is 23.1 Å². The summed E-state index contributed by atoms with van der Waals surface area (Å²) in [5.41, 5.74) is 17.1. The minimum Gasteiger partial charge on any atom is -0.361 e. The number of carbonyl (C=O) groups is 3. The summed E-state index contributed by atoms with van der Waals surface area (Å²) >= 11 is 6.76. The van der Waals surface area contributed by atoms with Crippen molar-refractivity contribution in [2.24, 2.45) is 11.5 Å². The van der Waals surface area contributed by atoms with Crippen LogP contribution in [-0.4, -0.2) is 65.9 Å². The van der Waals surface area contributed by atoms with Crippen LogP contribution in [0.5, 0.6) is 0 Å². The van der Waals surface area contributed by atoms with E-state index in [1.807, 2.05) is 66.9 Å². The fraction of sp³-hybridized carbons (Fsp3) is 0.378. The molecule has 2 bridgehead atoms. The van der Waals surface area contributed by atoms with Gasteiger partial charge < -0.3 is 37.3 Å². The van der Waals surface area contributed by atoms with Crippen LogP contribution in [0.25, 0.3) is 22.0 Å². The van der Waals surface area contributed by atoms with E-state index in [9.17, 15) is 14.4 Å². The molecule has 1 aliphatic heterocycles. The van der Waals surface area contributed by atoms with Gasteiger partial charge in [0.25, 0.3) is 0 Å².